The number of rotatable bonds is 4. The van der Waals surface area contributed by atoms with Crippen molar-refractivity contribution < 1.29 is 19.5 Å². The van der Waals surface area contributed by atoms with Gasteiger partial charge in [-0.1, -0.05) is 18.2 Å². The fourth-order valence-corrected chi connectivity index (χ4v) is 3.10. The van der Waals surface area contributed by atoms with Crippen molar-refractivity contribution in [2.45, 2.75) is 13.8 Å². The van der Waals surface area contributed by atoms with Crippen molar-refractivity contribution in [1.29, 1.82) is 0 Å². The maximum atomic E-state index is 12.3. The molecule has 6 nitrogen and oxygen atoms in total. The van der Waals surface area contributed by atoms with E-state index >= 15 is 0 Å². The van der Waals surface area contributed by atoms with Crippen LogP contribution in [0.15, 0.2) is 24.3 Å². The summed E-state index contributed by atoms with van der Waals surface area (Å²) in [6.07, 6.45) is 0. The Bertz CT molecular complexity index is 780. The summed E-state index contributed by atoms with van der Waals surface area (Å²) in [5.41, 5.74) is 6.01. The maximum Gasteiger partial charge on any atom is 0.256 e. The van der Waals surface area contributed by atoms with Gasteiger partial charge in [0.05, 0.1) is 11.5 Å². The van der Waals surface area contributed by atoms with Crippen LogP contribution in [0.25, 0.3) is 0 Å². The van der Waals surface area contributed by atoms with Crippen LogP contribution in [0.2, 0.25) is 0 Å². The Morgan fingerprint density at radius 2 is 1.73 bits per heavy atom. The number of carbonyl (C=O) groups excluding carboxylic acids is 3. The van der Waals surface area contributed by atoms with Gasteiger partial charge < -0.3 is 21.0 Å². The van der Waals surface area contributed by atoms with Crippen LogP contribution in [0.5, 0.6) is 0 Å². The molecular weight excluding hydrogens is 304 g/mol. The Hall–Kier alpha value is -2.67. The van der Waals surface area contributed by atoms with Crippen LogP contribution in [-0.2, 0) is 0 Å². The van der Waals surface area contributed by atoms with Crippen LogP contribution in [0.4, 0.5) is 5.00 Å². The molecule has 3 N–H and O–H groups in total. The van der Waals surface area contributed by atoms with E-state index in [-0.39, 0.29) is 16.7 Å². The SMILES string of the molecule is Cc1sc(NC(=O)c2ccccc2C(=O)[O-])c(C(N)=O)c1C. The van der Waals surface area contributed by atoms with Gasteiger partial charge in [-0.05, 0) is 25.5 Å². The Morgan fingerprint density at radius 3 is 2.27 bits per heavy atom. The number of nitrogens with two attached hydrogens (primary N) is 1. The molecule has 0 unspecified atom stereocenters. The van der Waals surface area contributed by atoms with Crippen molar-refractivity contribution >= 4 is 34.1 Å². The molecule has 0 radical (unpaired) electrons. The topological polar surface area (TPSA) is 112 Å². The van der Waals surface area contributed by atoms with Gasteiger partial charge in [0.1, 0.15) is 5.00 Å². The quantitative estimate of drug-likeness (QED) is 0.878. The number of primary amides is 1. The summed E-state index contributed by atoms with van der Waals surface area (Å²) < 4.78 is 0. The summed E-state index contributed by atoms with van der Waals surface area (Å²) in [5, 5.41) is 13.9. The molecule has 7 heteroatoms. The number of carbonyl (C=O) groups is 3. The second kappa shape index (κ2) is 5.98. The molecule has 0 saturated heterocycles. The first-order valence-corrected chi connectivity index (χ1v) is 7.16. The smallest absolute Gasteiger partial charge is 0.256 e. The summed E-state index contributed by atoms with van der Waals surface area (Å²) in [6, 6.07) is 5.69. The fraction of sp³-hybridized carbons (Fsp3) is 0.133. The molecule has 114 valence electrons. The first kappa shape index (κ1) is 15.7. The van der Waals surface area contributed by atoms with E-state index in [4.69, 9.17) is 5.73 Å². The van der Waals surface area contributed by atoms with E-state index < -0.39 is 17.8 Å². The van der Waals surface area contributed by atoms with Crippen LogP contribution in [0.3, 0.4) is 0 Å². The monoisotopic (exact) mass is 317 g/mol. The van der Waals surface area contributed by atoms with Gasteiger partial charge in [0, 0.05) is 16.0 Å². The van der Waals surface area contributed by atoms with Gasteiger partial charge in [-0.25, -0.2) is 0 Å². The Kier molecular flexibility index (Phi) is 4.27. The number of aryl methyl sites for hydroxylation is 1. The third-order valence-corrected chi connectivity index (χ3v) is 4.37. The molecule has 2 amide bonds. The predicted octanol–water partition coefficient (Wildman–Crippen LogP) is 1.08. The van der Waals surface area contributed by atoms with Crippen molar-refractivity contribution in [3.05, 3.63) is 51.4 Å². The zero-order chi connectivity index (χ0) is 16.4. The highest BCUT2D eigenvalue weighted by Crippen LogP contribution is 2.32. The highest BCUT2D eigenvalue weighted by atomic mass is 32.1. The van der Waals surface area contributed by atoms with Gasteiger partial charge in [-0.2, -0.15) is 0 Å². The lowest BCUT2D eigenvalue weighted by atomic mass is 10.1. The normalized spacial score (nSPS) is 10.3. The van der Waals surface area contributed by atoms with Gasteiger partial charge in [-0.3, -0.25) is 9.59 Å². The number of anilines is 1. The number of amides is 2. The van der Waals surface area contributed by atoms with Crippen molar-refractivity contribution in [3.63, 3.8) is 0 Å². The lowest BCUT2D eigenvalue weighted by molar-refractivity contribution is -0.255. The minimum absolute atomic E-state index is 0.0402. The number of carboxylic acids is 1. The van der Waals surface area contributed by atoms with Crippen LogP contribution in [-0.4, -0.2) is 17.8 Å². The molecule has 2 rings (SSSR count). The Morgan fingerprint density at radius 1 is 1.14 bits per heavy atom. The number of aromatic carboxylic acids is 1. The van der Waals surface area contributed by atoms with E-state index in [0.29, 0.717) is 10.6 Å². The lowest BCUT2D eigenvalue weighted by Crippen LogP contribution is -2.26. The van der Waals surface area contributed by atoms with E-state index in [0.717, 1.165) is 4.88 Å². The number of benzene rings is 1. The number of nitrogens with one attached hydrogen (secondary N) is 1. The first-order valence-electron chi connectivity index (χ1n) is 6.34. The molecule has 22 heavy (non-hydrogen) atoms. The van der Waals surface area contributed by atoms with Crippen molar-refractivity contribution in [3.8, 4) is 0 Å². The van der Waals surface area contributed by atoms with Crippen LogP contribution in [0.1, 0.15) is 41.5 Å². The number of thiophene rings is 1. The zero-order valence-electron chi connectivity index (χ0n) is 11.9. The second-order valence-electron chi connectivity index (χ2n) is 4.64. The minimum Gasteiger partial charge on any atom is -0.545 e. The fourth-order valence-electron chi connectivity index (χ4n) is 2.04. The molecule has 0 fully saturated rings. The van der Waals surface area contributed by atoms with Gasteiger partial charge in [0.15, 0.2) is 0 Å². The summed E-state index contributed by atoms with van der Waals surface area (Å²) in [4.78, 5) is 35.7. The lowest BCUT2D eigenvalue weighted by Gasteiger charge is -2.10. The molecule has 0 aliphatic heterocycles. The third-order valence-electron chi connectivity index (χ3n) is 3.25. The number of carboxylic acid groups (broad SMARTS) is 1. The number of hydrogen-bond acceptors (Lipinski definition) is 5. The van der Waals surface area contributed by atoms with Gasteiger partial charge in [0.2, 0.25) is 0 Å². The molecule has 1 aromatic heterocycles. The third kappa shape index (κ3) is 2.84. The van der Waals surface area contributed by atoms with E-state index in [1.165, 1.54) is 29.5 Å². The summed E-state index contributed by atoms with van der Waals surface area (Å²) in [6.45, 7) is 3.54. The van der Waals surface area contributed by atoms with Crippen LogP contribution >= 0.6 is 11.3 Å². The zero-order valence-corrected chi connectivity index (χ0v) is 12.7. The first-order chi connectivity index (χ1) is 10.3. The van der Waals surface area contributed by atoms with Gasteiger partial charge in [0.25, 0.3) is 11.8 Å². The molecule has 0 spiro atoms. The highest BCUT2D eigenvalue weighted by molar-refractivity contribution is 7.16. The molecular formula is C15H13N2O4S-. The predicted molar refractivity (Wildman–Crippen MR) is 81.0 cm³/mol. The summed E-state index contributed by atoms with van der Waals surface area (Å²) in [5.74, 6) is -2.73. The summed E-state index contributed by atoms with van der Waals surface area (Å²) >= 11 is 1.21. The largest absolute Gasteiger partial charge is 0.545 e. The van der Waals surface area contributed by atoms with E-state index in [2.05, 4.69) is 5.32 Å². The number of hydrogen-bond donors (Lipinski definition) is 2. The van der Waals surface area contributed by atoms with Crippen molar-refractivity contribution in [2.24, 2.45) is 5.73 Å². The Labute approximate surface area is 130 Å². The molecule has 2 aromatic rings. The van der Waals surface area contributed by atoms with Crippen molar-refractivity contribution in [1.82, 2.24) is 0 Å². The van der Waals surface area contributed by atoms with Crippen LogP contribution < -0.4 is 16.2 Å². The van der Waals surface area contributed by atoms with Crippen molar-refractivity contribution in [2.75, 3.05) is 5.32 Å². The van der Waals surface area contributed by atoms with E-state index in [9.17, 15) is 19.5 Å². The average Bonchev–Trinajstić information content (AvgIpc) is 2.73. The Balaban J connectivity index is 2.41. The van der Waals surface area contributed by atoms with Crippen LogP contribution in [0, 0.1) is 13.8 Å². The minimum atomic E-state index is -1.44. The molecule has 0 saturated carbocycles. The molecule has 0 atom stereocenters. The van der Waals surface area contributed by atoms with Gasteiger partial charge >= 0.3 is 0 Å². The second-order valence-corrected chi connectivity index (χ2v) is 5.86. The molecule has 0 bridgehead atoms. The molecule has 0 aliphatic carbocycles. The van der Waals surface area contributed by atoms with Gasteiger partial charge in [-0.15, -0.1) is 11.3 Å². The van der Waals surface area contributed by atoms with E-state index in [1.54, 1.807) is 19.9 Å². The molecule has 1 aromatic carbocycles. The summed E-state index contributed by atoms with van der Waals surface area (Å²) in [7, 11) is 0. The molecule has 1 heterocycles. The van der Waals surface area contributed by atoms with E-state index in [1.807, 2.05) is 0 Å². The highest BCUT2D eigenvalue weighted by Gasteiger charge is 2.20. The molecule has 0 aliphatic rings. The maximum absolute atomic E-state index is 12.3. The standard InChI is InChI=1S/C15H14N2O4S/c1-7-8(2)22-14(11(7)12(16)18)17-13(19)9-5-3-4-6-10(9)15(20)21/h3-6H,1-2H3,(H2,16,18)(H,17,19)(H,20,21)/p-1. The average molecular weight is 317 g/mol.